The molecule has 3 unspecified atom stereocenters. The van der Waals surface area contributed by atoms with Gasteiger partial charge in [-0.25, -0.2) is 0 Å². The molecule has 2 saturated heterocycles. The highest BCUT2D eigenvalue weighted by Crippen LogP contribution is 2.19. The van der Waals surface area contributed by atoms with Crippen molar-refractivity contribution in [1.82, 2.24) is 4.90 Å². The highest BCUT2D eigenvalue weighted by Gasteiger charge is 2.23. The second kappa shape index (κ2) is 8.20. The summed E-state index contributed by atoms with van der Waals surface area (Å²) in [6.45, 7) is 6.05. The highest BCUT2D eigenvalue weighted by molar-refractivity contribution is 4.77. The first-order valence-electron chi connectivity index (χ1n) is 7.91. The Morgan fingerprint density at radius 3 is 2.95 bits per heavy atom. The van der Waals surface area contributed by atoms with Gasteiger partial charge in [0.05, 0.1) is 25.4 Å². The molecule has 0 bridgehead atoms. The van der Waals surface area contributed by atoms with Gasteiger partial charge < -0.3 is 14.6 Å². The van der Waals surface area contributed by atoms with Gasteiger partial charge in [-0.1, -0.05) is 13.3 Å². The average molecular weight is 271 g/mol. The quantitative estimate of drug-likeness (QED) is 0.767. The summed E-state index contributed by atoms with van der Waals surface area (Å²) in [5.74, 6) is 0. The lowest BCUT2D eigenvalue weighted by molar-refractivity contribution is -0.0314. The summed E-state index contributed by atoms with van der Waals surface area (Å²) in [6.07, 6.45) is 7.19. The molecule has 0 aliphatic carbocycles. The lowest BCUT2D eigenvalue weighted by Gasteiger charge is -2.36. The van der Waals surface area contributed by atoms with Gasteiger partial charge in [0.2, 0.25) is 0 Å². The monoisotopic (exact) mass is 271 g/mol. The number of β-amino-alcohol motifs (C(OH)–C–C–N with tert-alkyl or cyclic N) is 1. The average Bonchev–Trinajstić information content (AvgIpc) is 2.92. The molecule has 0 spiro atoms. The fraction of sp³-hybridized carbons (Fsp3) is 1.00. The topological polar surface area (TPSA) is 41.9 Å². The van der Waals surface area contributed by atoms with E-state index in [1.807, 2.05) is 0 Å². The van der Waals surface area contributed by atoms with Gasteiger partial charge in [-0.15, -0.1) is 0 Å². The van der Waals surface area contributed by atoms with Crippen molar-refractivity contribution in [3.8, 4) is 0 Å². The number of hydrogen-bond donors (Lipinski definition) is 1. The summed E-state index contributed by atoms with van der Waals surface area (Å²) in [6, 6.07) is 0.654. The molecule has 2 fully saturated rings. The zero-order chi connectivity index (χ0) is 13.5. The SMILES string of the molecule is CCC1CCCCN1CC(O)COCC1CCCO1. The van der Waals surface area contributed by atoms with Crippen LogP contribution in [0.25, 0.3) is 0 Å². The van der Waals surface area contributed by atoms with E-state index in [0.717, 1.165) is 32.5 Å². The van der Waals surface area contributed by atoms with Crippen LogP contribution in [0.2, 0.25) is 0 Å². The van der Waals surface area contributed by atoms with Crippen molar-refractivity contribution < 1.29 is 14.6 Å². The van der Waals surface area contributed by atoms with E-state index in [1.54, 1.807) is 0 Å². The molecule has 2 aliphatic rings. The van der Waals surface area contributed by atoms with E-state index in [4.69, 9.17) is 9.47 Å². The minimum atomic E-state index is -0.367. The minimum absolute atomic E-state index is 0.255. The first-order valence-corrected chi connectivity index (χ1v) is 7.91. The molecule has 0 aromatic heterocycles. The first-order chi connectivity index (χ1) is 9.29. The largest absolute Gasteiger partial charge is 0.389 e. The van der Waals surface area contributed by atoms with Crippen molar-refractivity contribution in [2.24, 2.45) is 0 Å². The lowest BCUT2D eigenvalue weighted by atomic mass is 10.00. The molecule has 2 heterocycles. The van der Waals surface area contributed by atoms with Crippen LogP contribution >= 0.6 is 0 Å². The summed E-state index contributed by atoms with van der Waals surface area (Å²) in [5, 5.41) is 10.1. The Bertz CT molecular complexity index is 244. The molecular weight excluding hydrogens is 242 g/mol. The number of piperidine rings is 1. The fourth-order valence-electron chi connectivity index (χ4n) is 3.20. The molecule has 0 aromatic carbocycles. The Balaban J connectivity index is 1.60. The molecule has 4 heteroatoms. The van der Waals surface area contributed by atoms with Crippen molar-refractivity contribution in [1.29, 1.82) is 0 Å². The Morgan fingerprint density at radius 1 is 1.32 bits per heavy atom. The Kier molecular flexibility index (Phi) is 6.57. The molecule has 0 aromatic rings. The van der Waals surface area contributed by atoms with E-state index in [0.29, 0.717) is 19.3 Å². The number of ether oxygens (including phenoxy) is 2. The van der Waals surface area contributed by atoms with Gasteiger partial charge in [-0.05, 0) is 38.6 Å². The Hall–Kier alpha value is -0.160. The van der Waals surface area contributed by atoms with Gasteiger partial charge in [0, 0.05) is 19.2 Å². The van der Waals surface area contributed by atoms with E-state index in [-0.39, 0.29) is 12.2 Å². The predicted octanol–water partition coefficient (Wildman–Crippen LogP) is 1.81. The highest BCUT2D eigenvalue weighted by atomic mass is 16.5. The van der Waals surface area contributed by atoms with Crippen molar-refractivity contribution in [3.05, 3.63) is 0 Å². The molecule has 0 saturated carbocycles. The maximum absolute atomic E-state index is 10.1. The second-order valence-electron chi connectivity index (χ2n) is 5.88. The maximum atomic E-state index is 10.1. The van der Waals surface area contributed by atoms with Crippen LogP contribution in [0.4, 0.5) is 0 Å². The third kappa shape index (κ3) is 5.03. The van der Waals surface area contributed by atoms with Crippen molar-refractivity contribution in [3.63, 3.8) is 0 Å². The minimum Gasteiger partial charge on any atom is -0.389 e. The van der Waals surface area contributed by atoms with E-state index >= 15 is 0 Å². The zero-order valence-electron chi connectivity index (χ0n) is 12.2. The van der Waals surface area contributed by atoms with Gasteiger partial charge in [0.15, 0.2) is 0 Å². The molecule has 0 radical (unpaired) electrons. The van der Waals surface area contributed by atoms with Crippen LogP contribution < -0.4 is 0 Å². The molecule has 4 nitrogen and oxygen atoms in total. The second-order valence-corrected chi connectivity index (χ2v) is 5.88. The summed E-state index contributed by atoms with van der Waals surface area (Å²) >= 11 is 0. The van der Waals surface area contributed by atoms with Gasteiger partial charge in [-0.2, -0.15) is 0 Å². The number of aliphatic hydroxyl groups excluding tert-OH is 1. The maximum Gasteiger partial charge on any atom is 0.0900 e. The fourth-order valence-corrected chi connectivity index (χ4v) is 3.20. The molecule has 2 aliphatic heterocycles. The lowest BCUT2D eigenvalue weighted by Crippen LogP contribution is -2.44. The van der Waals surface area contributed by atoms with Crippen LogP contribution in [0.3, 0.4) is 0 Å². The van der Waals surface area contributed by atoms with Crippen LogP contribution in [0.5, 0.6) is 0 Å². The van der Waals surface area contributed by atoms with E-state index in [9.17, 15) is 5.11 Å². The third-order valence-corrected chi connectivity index (χ3v) is 4.30. The Labute approximate surface area is 117 Å². The van der Waals surface area contributed by atoms with Crippen molar-refractivity contribution >= 4 is 0 Å². The van der Waals surface area contributed by atoms with Crippen LogP contribution in [-0.2, 0) is 9.47 Å². The first kappa shape index (κ1) is 15.2. The number of aliphatic hydroxyl groups is 1. The van der Waals surface area contributed by atoms with Crippen LogP contribution in [0.1, 0.15) is 45.4 Å². The van der Waals surface area contributed by atoms with Crippen molar-refractivity contribution in [2.45, 2.75) is 63.7 Å². The van der Waals surface area contributed by atoms with E-state index in [2.05, 4.69) is 11.8 Å². The summed E-state index contributed by atoms with van der Waals surface area (Å²) in [7, 11) is 0. The van der Waals surface area contributed by atoms with Gasteiger partial charge in [0.25, 0.3) is 0 Å². The summed E-state index contributed by atoms with van der Waals surface area (Å²) < 4.78 is 11.1. The van der Waals surface area contributed by atoms with Gasteiger partial charge in [-0.3, -0.25) is 4.90 Å². The van der Waals surface area contributed by atoms with E-state index in [1.165, 1.54) is 25.7 Å². The summed E-state index contributed by atoms with van der Waals surface area (Å²) in [5.41, 5.74) is 0. The number of rotatable bonds is 7. The molecule has 1 N–H and O–H groups in total. The molecule has 3 atom stereocenters. The molecular formula is C15H29NO3. The van der Waals surface area contributed by atoms with Gasteiger partial charge >= 0.3 is 0 Å². The van der Waals surface area contributed by atoms with Crippen LogP contribution in [0.15, 0.2) is 0 Å². The van der Waals surface area contributed by atoms with E-state index < -0.39 is 0 Å². The smallest absolute Gasteiger partial charge is 0.0900 e. The molecule has 112 valence electrons. The number of hydrogen-bond acceptors (Lipinski definition) is 4. The molecule has 0 amide bonds. The van der Waals surface area contributed by atoms with Crippen molar-refractivity contribution in [2.75, 3.05) is 32.9 Å². The Morgan fingerprint density at radius 2 is 2.21 bits per heavy atom. The molecule has 19 heavy (non-hydrogen) atoms. The van der Waals surface area contributed by atoms with Gasteiger partial charge in [0.1, 0.15) is 0 Å². The zero-order valence-corrected chi connectivity index (χ0v) is 12.2. The molecule has 2 rings (SSSR count). The van der Waals surface area contributed by atoms with Crippen LogP contribution in [0, 0.1) is 0 Å². The number of likely N-dealkylation sites (tertiary alicyclic amines) is 1. The van der Waals surface area contributed by atoms with Crippen LogP contribution in [-0.4, -0.2) is 61.2 Å². The normalized spacial score (nSPS) is 30.6. The third-order valence-electron chi connectivity index (χ3n) is 4.30. The number of nitrogens with zero attached hydrogens (tertiary/aromatic N) is 1. The predicted molar refractivity (Wildman–Crippen MR) is 75.3 cm³/mol. The standard InChI is InChI=1S/C15H29NO3/c1-2-13-6-3-4-8-16(13)10-14(17)11-18-12-15-7-5-9-19-15/h13-15,17H,2-12H2,1H3. The summed E-state index contributed by atoms with van der Waals surface area (Å²) in [4.78, 5) is 2.43.